The van der Waals surface area contributed by atoms with Crippen molar-refractivity contribution in [3.8, 4) is 5.69 Å². The summed E-state index contributed by atoms with van der Waals surface area (Å²) in [6.07, 6.45) is 3.76. The van der Waals surface area contributed by atoms with Gasteiger partial charge in [0.05, 0.1) is 18.8 Å². The van der Waals surface area contributed by atoms with E-state index in [1.165, 1.54) is 19.3 Å². The van der Waals surface area contributed by atoms with Crippen LogP contribution in [0.1, 0.15) is 25.1 Å². The fourth-order valence-electron chi connectivity index (χ4n) is 3.10. The Bertz CT molecular complexity index is 604. The van der Waals surface area contributed by atoms with E-state index in [0.29, 0.717) is 12.0 Å². The van der Waals surface area contributed by atoms with Crippen LogP contribution < -0.4 is 0 Å². The van der Waals surface area contributed by atoms with Gasteiger partial charge in [0.25, 0.3) is 0 Å². The van der Waals surface area contributed by atoms with Crippen LogP contribution in [0.5, 0.6) is 0 Å². The normalized spacial score (nSPS) is 21.6. The minimum absolute atomic E-state index is 0.654. The van der Waals surface area contributed by atoms with Gasteiger partial charge in [-0.15, -0.1) is 5.10 Å². The third-order valence-electron chi connectivity index (χ3n) is 4.46. The van der Waals surface area contributed by atoms with Gasteiger partial charge in [-0.1, -0.05) is 18.2 Å². The van der Waals surface area contributed by atoms with Crippen molar-refractivity contribution in [3.05, 3.63) is 36.2 Å². The number of hydrogen-bond donors (Lipinski definition) is 0. The smallest absolute Gasteiger partial charge is 0.170 e. The van der Waals surface area contributed by atoms with E-state index in [4.69, 9.17) is 4.74 Å². The summed E-state index contributed by atoms with van der Waals surface area (Å²) in [7, 11) is 0. The highest BCUT2D eigenvalue weighted by atomic mass is 16.5. The molecule has 1 saturated heterocycles. The predicted molar refractivity (Wildman–Crippen MR) is 81.5 cm³/mol. The van der Waals surface area contributed by atoms with Gasteiger partial charge in [-0.3, -0.25) is 4.90 Å². The average Bonchev–Trinajstić information content (AvgIpc) is 3.08. The van der Waals surface area contributed by atoms with Crippen LogP contribution in [-0.2, 0) is 11.3 Å². The largest absolute Gasteiger partial charge is 0.381 e. The van der Waals surface area contributed by atoms with Gasteiger partial charge in [-0.25, -0.2) is 0 Å². The van der Waals surface area contributed by atoms with Crippen molar-refractivity contribution >= 4 is 0 Å². The summed E-state index contributed by atoms with van der Waals surface area (Å²) >= 11 is 0. The Hall–Kier alpha value is -1.79. The molecule has 1 atom stereocenters. The van der Waals surface area contributed by atoms with Crippen molar-refractivity contribution in [3.63, 3.8) is 0 Å². The summed E-state index contributed by atoms with van der Waals surface area (Å²) in [4.78, 5) is 2.53. The second-order valence-electron chi connectivity index (χ2n) is 6.23. The molecule has 0 radical (unpaired) electrons. The van der Waals surface area contributed by atoms with Crippen molar-refractivity contribution in [2.75, 3.05) is 19.8 Å². The minimum Gasteiger partial charge on any atom is -0.381 e. The molecular weight excluding hydrogens is 278 g/mol. The lowest BCUT2D eigenvalue weighted by atomic mass is 10.1. The lowest BCUT2D eigenvalue weighted by molar-refractivity contribution is 0.159. The van der Waals surface area contributed by atoms with Crippen LogP contribution in [0, 0.1) is 5.92 Å². The molecule has 0 spiro atoms. The maximum Gasteiger partial charge on any atom is 0.170 e. The summed E-state index contributed by atoms with van der Waals surface area (Å²) in [5.41, 5.74) is 1.02. The number of rotatable bonds is 6. The van der Waals surface area contributed by atoms with Crippen molar-refractivity contribution in [1.82, 2.24) is 25.1 Å². The van der Waals surface area contributed by atoms with Gasteiger partial charge >= 0.3 is 0 Å². The van der Waals surface area contributed by atoms with Crippen LogP contribution in [0.25, 0.3) is 5.69 Å². The van der Waals surface area contributed by atoms with Crippen LogP contribution in [0.3, 0.4) is 0 Å². The first kappa shape index (κ1) is 13.8. The average molecular weight is 299 g/mol. The van der Waals surface area contributed by atoms with Crippen molar-refractivity contribution in [1.29, 1.82) is 0 Å². The molecule has 6 heteroatoms. The summed E-state index contributed by atoms with van der Waals surface area (Å²) in [6.45, 7) is 3.70. The van der Waals surface area contributed by atoms with Gasteiger partial charge < -0.3 is 4.74 Å². The molecule has 1 aromatic heterocycles. The second kappa shape index (κ2) is 6.14. The zero-order valence-corrected chi connectivity index (χ0v) is 12.6. The van der Waals surface area contributed by atoms with Crippen LogP contribution in [0.2, 0.25) is 0 Å². The quantitative estimate of drug-likeness (QED) is 0.812. The summed E-state index contributed by atoms with van der Waals surface area (Å²) in [5, 5.41) is 12.3. The fraction of sp³-hybridized carbons (Fsp3) is 0.562. The SMILES string of the molecule is c1ccc(-n2nnnc2CN(CC2CCOC2)C2CC2)cc1. The molecule has 1 aromatic carbocycles. The number of aromatic nitrogens is 4. The maximum atomic E-state index is 5.51. The molecule has 0 amide bonds. The van der Waals surface area contributed by atoms with E-state index < -0.39 is 0 Å². The van der Waals surface area contributed by atoms with Gasteiger partial charge in [-0.2, -0.15) is 4.68 Å². The first-order chi connectivity index (χ1) is 10.9. The molecule has 116 valence electrons. The maximum absolute atomic E-state index is 5.51. The molecule has 2 aliphatic rings. The molecule has 4 rings (SSSR count). The van der Waals surface area contributed by atoms with E-state index in [0.717, 1.165) is 37.8 Å². The topological polar surface area (TPSA) is 56.1 Å². The van der Waals surface area contributed by atoms with Gasteiger partial charge in [0.2, 0.25) is 0 Å². The Balaban J connectivity index is 1.50. The van der Waals surface area contributed by atoms with E-state index in [2.05, 4.69) is 20.4 Å². The Morgan fingerprint density at radius 2 is 2.05 bits per heavy atom. The molecule has 0 N–H and O–H groups in total. The zero-order valence-electron chi connectivity index (χ0n) is 12.6. The van der Waals surface area contributed by atoms with Gasteiger partial charge in [0.1, 0.15) is 0 Å². The Morgan fingerprint density at radius 1 is 1.18 bits per heavy atom. The zero-order chi connectivity index (χ0) is 14.8. The fourth-order valence-corrected chi connectivity index (χ4v) is 3.10. The molecule has 0 bridgehead atoms. The van der Waals surface area contributed by atoms with Crippen LogP contribution >= 0.6 is 0 Å². The molecule has 1 saturated carbocycles. The molecule has 22 heavy (non-hydrogen) atoms. The molecule has 2 heterocycles. The highest BCUT2D eigenvalue weighted by Crippen LogP contribution is 2.30. The standard InChI is InChI=1S/C16H21N5O/c1-2-4-15(5-3-1)21-16(17-18-19-21)11-20(14-6-7-14)10-13-8-9-22-12-13/h1-5,13-14H,6-12H2. The van der Waals surface area contributed by atoms with E-state index in [1.54, 1.807) is 0 Å². The Morgan fingerprint density at radius 3 is 2.77 bits per heavy atom. The van der Waals surface area contributed by atoms with Crippen molar-refractivity contribution in [2.24, 2.45) is 5.92 Å². The van der Waals surface area contributed by atoms with E-state index >= 15 is 0 Å². The highest BCUT2D eigenvalue weighted by Gasteiger charge is 2.32. The molecule has 1 unspecified atom stereocenters. The minimum atomic E-state index is 0.654. The second-order valence-corrected chi connectivity index (χ2v) is 6.23. The molecular formula is C16H21N5O. The number of hydrogen-bond acceptors (Lipinski definition) is 5. The van der Waals surface area contributed by atoms with Crippen molar-refractivity contribution < 1.29 is 4.74 Å². The number of benzene rings is 1. The predicted octanol–water partition coefficient (Wildman–Crippen LogP) is 1.66. The van der Waals surface area contributed by atoms with Gasteiger partial charge in [0.15, 0.2) is 5.82 Å². The number of ether oxygens (including phenoxy) is 1. The molecule has 2 aromatic rings. The van der Waals surface area contributed by atoms with Crippen LogP contribution in [0.15, 0.2) is 30.3 Å². The number of tetrazole rings is 1. The summed E-state index contributed by atoms with van der Waals surface area (Å²) < 4.78 is 7.36. The summed E-state index contributed by atoms with van der Waals surface area (Å²) in [5.74, 6) is 1.57. The lowest BCUT2D eigenvalue weighted by Crippen LogP contribution is -2.32. The van der Waals surface area contributed by atoms with Gasteiger partial charge in [-0.05, 0) is 47.7 Å². The lowest BCUT2D eigenvalue weighted by Gasteiger charge is -2.24. The van der Waals surface area contributed by atoms with E-state index in [-0.39, 0.29) is 0 Å². The van der Waals surface area contributed by atoms with Gasteiger partial charge in [0, 0.05) is 19.2 Å². The van der Waals surface area contributed by atoms with E-state index in [9.17, 15) is 0 Å². The van der Waals surface area contributed by atoms with E-state index in [1.807, 2.05) is 35.0 Å². The molecule has 2 fully saturated rings. The third kappa shape index (κ3) is 3.03. The Kier molecular flexibility index (Phi) is 3.86. The number of para-hydroxylation sites is 1. The third-order valence-corrected chi connectivity index (χ3v) is 4.46. The van der Waals surface area contributed by atoms with Crippen LogP contribution in [0.4, 0.5) is 0 Å². The van der Waals surface area contributed by atoms with Crippen LogP contribution in [-0.4, -0.2) is 50.9 Å². The molecule has 6 nitrogen and oxygen atoms in total. The number of nitrogens with zero attached hydrogens (tertiary/aromatic N) is 5. The van der Waals surface area contributed by atoms with Crippen molar-refractivity contribution in [2.45, 2.75) is 31.8 Å². The first-order valence-corrected chi connectivity index (χ1v) is 8.04. The molecule has 1 aliphatic carbocycles. The Labute approximate surface area is 130 Å². The highest BCUT2D eigenvalue weighted by molar-refractivity contribution is 5.30. The summed E-state index contributed by atoms with van der Waals surface area (Å²) in [6, 6.07) is 10.8. The monoisotopic (exact) mass is 299 g/mol. The first-order valence-electron chi connectivity index (χ1n) is 8.04. The molecule has 1 aliphatic heterocycles.